The number of hydrogen-bond acceptors (Lipinski definition) is 3. The SMILES string of the molecule is Cn1c(=O)sc2cc(NC(=O)CCc3ccc(F)cc3)ccc21. The molecule has 0 aliphatic heterocycles. The number of fused-ring (bicyclic) bond motifs is 1. The van der Waals surface area contributed by atoms with Crippen LogP contribution in [0, 0.1) is 5.82 Å². The van der Waals surface area contributed by atoms with Gasteiger partial charge >= 0.3 is 4.87 Å². The summed E-state index contributed by atoms with van der Waals surface area (Å²) in [6.45, 7) is 0. The first-order valence-corrected chi connectivity index (χ1v) is 7.98. The highest BCUT2D eigenvalue weighted by molar-refractivity contribution is 7.16. The fraction of sp³-hybridized carbons (Fsp3) is 0.176. The van der Waals surface area contributed by atoms with Crippen molar-refractivity contribution in [2.24, 2.45) is 7.05 Å². The first kappa shape index (κ1) is 15.4. The number of carbonyl (C=O) groups is 1. The van der Waals surface area contributed by atoms with Crippen LogP contribution in [0.1, 0.15) is 12.0 Å². The highest BCUT2D eigenvalue weighted by Gasteiger charge is 2.07. The molecular formula is C17H15FN2O2S. The molecule has 2 aromatic carbocycles. The van der Waals surface area contributed by atoms with Crippen LogP contribution in [0.15, 0.2) is 47.3 Å². The largest absolute Gasteiger partial charge is 0.326 e. The van der Waals surface area contributed by atoms with Gasteiger partial charge in [0.05, 0.1) is 10.2 Å². The predicted molar refractivity (Wildman–Crippen MR) is 90.4 cm³/mol. The Hall–Kier alpha value is -2.47. The van der Waals surface area contributed by atoms with Gasteiger partial charge in [-0.3, -0.25) is 9.59 Å². The number of nitrogens with zero attached hydrogens (tertiary/aromatic N) is 1. The van der Waals surface area contributed by atoms with Crippen LogP contribution in [-0.4, -0.2) is 10.5 Å². The number of amides is 1. The summed E-state index contributed by atoms with van der Waals surface area (Å²) < 4.78 is 15.3. The average Bonchev–Trinajstić information content (AvgIpc) is 2.81. The molecule has 0 fully saturated rings. The molecular weight excluding hydrogens is 315 g/mol. The Kier molecular flexibility index (Phi) is 4.25. The molecule has 3 rings (SSSR count). The van der Waals surface area contributed by atoms with E-state index in [-0.39, 0.29) is 16.6 Å². The summed E-state index contributed by atoms with van der Waals surface area (Å²) >= 11 is 1.15. The second-order valence-electron chi connectivity index (χ2n) is 5.28. The number of aryl methyl sites for hydroxylation is 2. The van der Waals surface area contributed by atoms with E-state index in [4.69, 9.17) is 0 Å². The monoisotopic (exact) mass is 330 g/mol. The quantitative estimate of drug-likeness (QED) is 0.798. The molecule has 1 aromatic heterocycles. The first-order chi connectivity index (χ1) is 11.0. The van der Waals surface area contributed by atoms with Crippen molar-refractivity contribution in [1.29, 1.82) is 0 Å². The summed E-state index contributed by atoms with van der Waals surface area (Å²) in [5.74, 6) is -0.398. The van der Waals surface area contributed by atoms with E-state index in [0.717, 1.165) is 27.1 Å². The Morgan fingerprint density at radius 3 is 2.70 bits per heavy atom. The minimum atomic E-state index is -0.284. The minimum absolute atomic E-state index is 0.0280. The van der Waals surface area contributed by atoms with Crippen LogP contribution in [0.5, 0.6) is 0 Å². The zero-order chi connectivity index (χ0) is 16.4. The molecule has 0 radical (unpaired) electrons. The van der Waals surface area contributed by atoms with Gasteiger partial charge in [-0.15, -0.1) is 0 Å². The van der Waals surface area contributed by atoms with Gasteiger partial charge in [0.15, 0.2) is 0 Å². The molecule has 0 unspecified atom stereocenters. The Morgan fingerprint density at radius 2 is 1.96 bits per heavy atom. The number of benzene rings is 2. The van der Waals surface area contributed by atoms with Crippen LogP contribution in [0.25, 0.3) is 10.2 Å². The molecule has 0 spiro atoms. The Morgan fingerprint density at radius 1 is 1.22 bits per heavy atom. The van der Waals surface area contributed by atoms with Crippen molar-refractivity contribution in [1.82, 2.24) is 4.57 Å². The van der Waals surface area contributed by atoms with Gasteiger partial charge in [-0.25, -0.2) is 4.39 Å². The molecule has 1 N–H and O–H groups in total. The molecule has 0 bridgehead atoms. The van der Waals surface area contributed by atoms with E-state index in [1.54, 1.807) is 35.9 Å². The lowest BCUT2D eigenvalue weighted by Crippen LogP contribution is -2.12. The van der Waals surface area contributed by atoms with Crippen LogP contribution in [0.2, 0.25) is 0 Å². The van der Waals surface area contributed by atoms with Crippen LogP contribution in [0.4, 0.5) is 10.1 Å². The molecule has 0 aliphatic carbocycles. The number of rotatable bonds is 4. The third-order valence-electron chi connectivity index (χ3n) is 3.63. The zero-order valence-electron chi connectivity index (χ0n) is 12.5. The number of anilines is 1. The number of carbonyl (C=O) groups excluding carboxylic acids is 1. The topological polar surface area (TPSA) is 51.1 Å². The molecule has 0 saturated carbocycles. The number of halogens is 1. The van der Waals surface area contributed by atoms with Crippen molar-refractivity contribution in [2.45, 2.75) is 12.8 Å². The fourth-order valence-corrected chi connectivity index (χ4v) is 3.26. The summed E-state index contributed by atoms with van der Waals surface area (Å²) in [6.07, 6.45) is 0.863. The molecule has 1 heterocycles. The van der Waals surface area contributed by atoms with Crippen LogP contribution < -0.4 is 10.2 Å². The summed E-state index contributed by atoms with van der Waals surface area (Å²) in [6, 6.07) is 11.5. The van der Waals surface area contributed by atoms with Crippen molar-refractivity contribution in [3.63, 3.8) is 0 Å². The highest BCUT2D eigenvalue weighted by Crippen LogP contribution is 2.21. The zero-order valence-corrected chi connectivity index (χ0v) is 13.3. The van der Waals surface area contributed by atoms with Crippen molar-refractivity contribution < 1.29 is 9.18 Å². The van der Waals surface area contributed by atoms with E-state index in [0.29, 0.717) is 18.5 Å². The predicted octanol–water partition coefficient (Wildman–Crippen LogP) is 3.31. The highest BCUT2D eigenvalue weighted by atomic mass is 32.1. The second kappa shape index (κ2) is 6.34. The lowest BCUT2D eigenvalue weighted by atomic mass is 10.1. The van der Waals surface area contributed by atoms with Crippen molar-refractivity contribution >= 4 is 33.1 Å². The summed E-state index contributed by atoms with van der Waals surface area (Å²) in [7, 11) is 1.72. The van der Waals surface area contributed by atoms with Crippen molar-refractivity contribution in [3.05, 3.63) is 63.5 Å². The lowest BCUT2D eigenvalue weighted by molar-refractivity contribution is -0.116. The Balaban J connectivity index is 1.65. The van der Waals surface area contributed by atoms with E-state index in [1.165, 1.54) is 12.1 Å². The fourth-order valence-electron chi connectivity index (χ4n) is 2.34. The van der Waals surface area contributed by atoms with Gasteiger partial charge in [0.2, 0.25) is 5.91 Å². The summed E-state index contributed by atoms with van der Waals surface area (Å²) in [4.78, 5) is 23.6. The molecule has 0 atom stereocenters. The summed E-state index contributed by atoms with van der Waals surface area (Å²) in [5.41, 5.74) is 2.44. The van der Waals surface area contributed by atoms with Crippen LogP contribution >= 0.6 is 11.3 Å². The number of thiazole rings is 1. The number of aromatic nitrogens is 1. The normalized spacial score (nSPS) is 10.9. The van der Waals surface area contributed by atoms with Crippen LogP contribution in [0.3, 0.4) is 0 Å². The van der Waals surface area contributed by atoms with Crippen molar-refractivity contribution in [3.8, 4) is 0 Å². The third-order valence-corrected chi connectivity index (χ3v) is 4.63. The first-order valence-electron chi connectivity index (χ1n) is 7.17. The lowest BCUT2D eigenvalue weighted by Gasteiger charge is -2.06. The standard InChI is InChI=1S/C17H15FN2O2S/c1-20-14-8-7-13(10-15(14)23-17(20)22)19-16(21)9-4-11-2-5-12(18)6-3-11/h2-3,5-8,10H,4,9H2,1H3,(H,19,21). The van der Waals surface area contributed by atoms with Gasteiger partial charge in [0.25, 0.3) is 0 Å². The average molecular weight is 330 g/mol. The maximum Gasteiger partial charge on any atom is 0.307 e. The molecule has 0 aliphatic rings. The maximum absolute atomic E-state index is 12.8. The molecule has 3 aromatic rings. The maximum atomic E-state index is 12.8. The smallest absolute Gasteiger partial charge is 0.307 e. The van der Waals surface area contributed by atoms with Crippen LogP contribution in [-0.2, 0) is 18.3 Å². The third kappa shape index (κ3) is 3.48. The van der Waals surface area contributed by atoms with E-state index in [2.05, 4.69) is 5.32 Å². The van der Waals surface area contributed by atoms with Gasteiger partial charge in [0.1, 0.15) is 5.82 Å². The molecule has 23 heavy (non-hydrogen) atoms. The minimum Gasteiger partial charge on any atom is -0.326 e. The van der Waals surface area contributed by atoms with Gasteiger partial charge in [0, 0.05) is 19.2 Å². The summed E-state index contributed by atoms with van der Waals surface area (Å²) in [5, 5.41) is 2.83. The van der Waals surface area contributed by atoms with E-state index < -0.39 is 0 Å². The number of hydrogen-bond donors (Lipinski definition) is 1. The van der Waals surface area contributed by atoms with Gasteiger partial charge in [-0.1, -0.05) is 23.5 Å². The van der Waals surface area contributed by atoms with Gasteiger partial charge in [-0.2, -0.15) is 0 Å². The molecule has 1 amide bonds. The molecule has 4 nitrogen and oxygen atoms in total. The van der Waals surface area contributed by atoms with E-state index >= 15 is 0 Å². The van der Waals surface area contributed by atoms with E-state index in [1.807, 2.05) is 6.07 Å². The Bertz CT molecular complexity index is 912. The molecule has 0 saturated heterocycles. The molecule has 6 heteroatoms. The molecule has 118 valence electrons. The number of nitrogens with one attached hydrogen (secondary N) is 1. The van der Waals surface area contributed by atoms with E-state index in [9.17, 15) is 14.0 Å². The van der Waals surface area contributed by atoms with Crippen molar-refractivity contribution in [2.75, 3.05) is 5.32 Å². The second-order valence-corrected chi connectivity index (χ2v) is 6.28. The van der Waals surface area contributed by atoms with Gasteiger partial charge in [-0.05, 0) is 42.3 Å². The van der Waals surface area contributed by atoms with Gasteiger partial charge < -0.3 is 9.88 Å². The Labute approximate surface area is 136 Å².